The molecule has 0 spiro atoms. The van der Waals surface area contributed by atoms with Gasteiger partial charge in [0.05, 0.1) is 11.4 Å². The summed E-state index contributed by atoms with van der Waals surface area (Å²) in [7, 11) is -3.95. The van der Waals surface area contributed by atoms with Gasteiger partial charge < -0.3 is 5.32 Å². The van der Waals surface area contributed by atoms with Crippen molar-refractivity contribution >= 4 is 55.2 Å². The van der Waals surface area contributed by atoms with Crippen molar-refractivity contribution in [2.24, 2.45) is 0 Å². The van der Waals surface area contributed by atoms with Crippen LogP contribution in [0.4, 0.5) is 0 Å². The van der Waals surface area contributed by atoms with Crippen molar-refractivity contribution in [2.45, 2.75) is 16.6 Å². The number of benzene rings is 3. The summed E-state index contributed by atoms with van der Waals surface area (Å²) in [6.07, 6.45) is 0. The Morgan fingerprint density at radius 1 is 1.03 bits per heavy atom. The van der Waals surface area contributed by atoms with Gasteiger partial charge in [-0.2, -0.15) is 4.31 Å². The maximum atomic E-state index is 13.4. The lowest BCUT2D eigenvalue weighted by molar-refractivity contribution is -0.121. The molecule has 0 saturated carbocycles. The normalized spacial score (nSPS) is 11.5. The highest BCUT2D eigenvalue weighted by atomic mass is 79.9. The zero-order valence-corrected chi connectivity index (χ0v) is 23.4. The Kier molecular flexibility index (Phi) is 9.38. The Hall–Kier alpha value is -2.70. The summed E-state index contributed by atoms with van der Waals surface area (Å²) >= 11 is 10.7. The molecular weight excluding hydrogens is 598 g/mol. The van der Waals surface area contributed by atoms with Gasteiger partial charge in [0.15, 0.2) is 5.82 Å². The number of carbonyl (C=O) groups is 1. The van der Waals surface area contributed by atoms with Crippen molar-refractivity contribution in [3.63, 3.8) is 0 Å². The van der Waals surface area contributed by atoms with Crippen LogP contribution in [0.15, 0.2) is 93.4 Å². The quantitative estimate of drug-likeness (QED) is 0.181. The van der Waals surface area contributed by atoms with Crippen molar-refractivity contribution in [1.29, 1.82) is 0 Å². The third-order valence-corrected chi connectivity index (χ3v) is 8.65. The minimum absolute atomic E-state index is 0.0415. The molecule has 0 aliphatic heterocycles. The number of aromatic nitrogens is 3. The van der Waals surface area contributed by atoms with Gasteiger partial charge in [-0.05, 0) is 42.0 Å². The lowest BCUT2D eigenvalue weighted by atomic mass is 10.2. The number of nitrogens with zero attached hydrogens (tertiary/aromatic N) is 3. The van der Waals surface area contributed by atoms with Gasteiger partial charge in [0.25, 0.3) is 0 Å². The molecule has 4 aromatic rings. The smallest absolute Gasteiger partial charge is 0.243 e. The largest absolute Gasteiger partial charge is 0.354 e. The minimum Gasteiger partial charge on any atom is -0.354 e. The average molecular weight is 621 g/mol. The molecule has 0 bridgehead atoms. The molecule has 192 valence electrons. The van der Waals surface area contributed by atoms with E-state index in [1.165, 1.54) is 36.0 Å². The SMILES string of the molecule is O=C(CN(Cc1ccc(Br)cc1)S(=O)(=O)c1ccc(Cl)cc1)NCCSc1n[nH]c(-c2ccccc2)n1. The van der Waals surface area contributed by atoms with Crippen LogP contribution < -0.4 is 5.32 Å². The molecule has 12 heteroatoms. The van der Waals surface area contributed by atoms with E-state index in [-0.39, 0.29) is 18.0 Å². The fraction of sp³-hybridized carbons (Fsp3) is 0.160. The molecule has 0 fully saturated rings. The Morgan fingerprint density at radius 3 is 2.43 bits per heavy atom. The first-order valence-corrected chi connectivity index (χ1v) is 14.8. The van der Waals surface area contributed by atoms with Crippen molar-refractivity contribution in [3.05, 3.63) is 93.9 Å². The van der Waals surface area contributed by atoms with Gasteiger partial charge in [-0.1, -0.05) is 81.8 Å². The van der Waals surface area contributed by atoms with E-state index < -0.39 is 15.9 Å². The van der Waals surface area contributed by atoms with Crippen molar-refractivity contribution in [1.82, 2.24) is 24.8 Å². The molecule has 0 aliphatic carbocycles. The number of hydrogen-bond donors (Lipinski definition) is 2. The van der Waals surface area contributed by atoms with Gasteiger partial charge in [-0.25, -0.2) is 13.4 Å². The highest BCUT2D eigenvalue weighted by Gasteiger charge is 2.27. The number of aromatic amines is 1. The van der Waals surface area contributed by atoms with E-state index in [2.05, 4.69) is 36.4 Å². The van der Waals surface area contributed by atoms with E-state index >= 15 is 0 Å². The maximum absolute atomic E-state index is 13.4. The summed E-state index contributed by atoms with van der Waals surface area (Å²) in [4.78, 5) is 17.3. The van der Waals surface area contributed by atoms with Crippen LogP contribution in [0, 0.1) is 0 Å². The lowest BCUT2D eigenvalue weighted by Crippen LogP contribution is -2.40. The highest BCUT2D eigenvalue weighted by Crippen LogP contribution is 2.22. The predicted molar refractivity (Wildman–Crippen MR) is 149 cm³/mol. The summed E-state index contributed by atoms with van der Waals surface area (Å²) < 4.78 is 28.7. The van der Waals surface area contributed by atoms with Crippen LogP contribution in [-0.2, 0) is 21.4 Å². The molecule has 1 amide bonds. The fourth-order valence-corrected chi connectivity index (χ4v) is 5.79. The molecule has 1 aromatic heterocycles. The summed E-state index contributed by atoms with van der Waals surface area (Å²) in [6.45, 7) is 0.0379. The van der Waals surface area contributed by atoms with Crippen molar-refractivity contribution in [2.75, 3.05) is 18.8 Å². The zero-order chi connectivity index (χ0) is 26.3. The van der Waals surface area contributed by atoms with Gasteiger partial charge in [0, 0.05) is 33.9 Å². The molecule has 0 aliphatic rings. The number of amides is 1. The van der Waals surface area contributed by atoms with Gasteiger partial charge in [-0.15, -0.1) is 5.10 Å². The molecule has 2 N–H and O–H groups in total. The van der Waals surface area contributed by atoms with Crippen LogP contribution in [0.2, 0.25) is 5.02 Å². The van der Waals surface area contributed by atoms with E-state index in [1.54, 1.807) is 0 Å². The van der Waals surface area contributed by atoms with Crippen LogP contribution in [0.25, 0.3) is 11.4 Å². The first-order valence-electron chi connectivity index (χ1n) is 11.2. The zero-order valence-electron chi connectivity index (χ0n) is 19.5. The predicted octanol–water partition coefficient (Wildman–Crippen LogP) is 4.99. The number of rotatable bonds is 11. The molecular formula is C25H23BrClN5O3S2. The lowest BCUT2D eigenvalue weighted by Gasteiger charge is -2.22. The topological polar surface area (TPSA) is 108 Å². The second-order valence-corrected chi connectivity index (χ2v) is 12.2. The number of hydrogen-bond acceptors (Lipinski definition) is 6. The van der Waals surface area contributed by atoms with Crippen LogP contribution in [0.5, 0.6) is 0 Å². The number of thioether (sulfide) groups is 1. The third-order valence-electron chi connectivity index (χ3n) is 5.21. The minimum atomic E-state index is -3.95. The highest BCUT2D eigenvalue weighted by molar-refractivity contribution is 9.10. The standard InChI is InChI=1S/C25H23BrClN5O3S2/c26-20-8-6-18(7-9-20)16-32(37(34,35)22-12-10-21(27)11-13-22)17-23(33)28-14-15-36-25-29-24(30-31-25)19-4-2-1-3-5-19/h1-13H,14-17H2,(H,28,33)(H,29,30,31). The van der Waals surface area contributed by atoms with Crippen LogP contribution in [0.1, 0.15) is 5.56 Å². The van der Waals surface area contributed by atoms with Gasteiger partial charge in [0.2, 0.25) is 21.1 Å². The number of sulfonamides is 1. The van der Waals surface area contributed by atoms with Crippen LogP contribution in [0.3, 0.4) is 0 Å². The van der Waals surface area contributed by atoms with Gasteiger partial charge in [0.1, 0.15) is 0 Å². The molecule has 0 radical (unpaired) electrons. The second kappa shape index (κ2) is 12.7. The molecule has 8 nitrogen and oxygen atoms in total. The molecule has 3 aromatic carbocycles. The molecule has 0 unspecified atom stereocenters. The maximum Gasteiger partial charge on any atom is 0.243 e. The fourth-order valence-electron chi connectivity index (χ4n) is 3.36. The summed E-state index contributed by atoms with van der Waals surface area (Å²) in [5, 5.41) is 10.9. The van der Waals surface area contributed by atoms with Gasteiger partial charge >= 0.3 is 0 Å². The molecule has 1 heterocycles. The summed E-state index contributed by atoms with van der Waals surface area (Å²) in [5.74, 6) is 0.785. The van der Waals surface area contributed by atoms with E-state index in [0.29, 0.717) is 28.3 Å². The Labute approximate surface area is 233 Å². The van der Waals surface area contributed by atoms with E-state index in [4.69, 9.17) is 11.6 Å². The third kappa shape index (κ3) is 7.65. The van der Waals surface area contributed by atoms with Crippen molar-refractivity contribution < 1.29 is 13.2 Å². The summed E-state index contributed by atoms with van der Waals surface area (Å²) in [5.41, 5.74) is 1.69. The molecule has 4 rings (SSSR count). The Morgan fingerprint density at radius 2 is 1.73 bits per heavy atom. The first-order chi connectivity index (χ1) is 17.8. The Balaban J connectivity index is 1.36. The molecule has 0 atom stereocenters. The number of H-pyrrole nitrogens is 1. The number of carbonyl (C=O) groups excluding carboxylic acids is 1. The van der Waals surface area contributed by atoms with Gasteiger partial charge in [-0.3, -0.25) is 9.89 Å². The molecule has 0 saturated heterocycles. The Bertz CT molecular complexity index is 1430. The molecule has 37 heavy (non-hydrogen) atoms. The van der Waals surface area contributed by atoms with E-state index in [1.807, 2.05) is 54.6 Å². The monoisotopic (exact) mass is 619 g/mol. The van der Waals surface area contributed by atoms with E-state index in [9.17, 15) is 13.2 Å². The van der Waals surface area contributed by atoms with Crippen LogP contribution >= 0.6 is 39.3 Å². The van der Waals surface area contributed by atoms with Crippen LogP contribution in [-0.4, -0.2) is 52.7 Å². The number of halogens is 2. The second-order valence-electron chi connectivity index (χ2n) is 7.88. The van der Waals surface area contributed by atoms with Crippen molar-refractivity contribution in [3.8, 4) is 11.4 Å². The average Bonchev–Trinajstić information content (AvgIpc) is 3.37. The first kappa shape index (κ1) is 27.3. The summed E-state index contributed by atoms with van der Waals surface area (Å²) in [6, 6.07) is 22.8. The van der Waals surface area contributed by atoms with E-state index in [0.717, 1.165) is 19.9 Å². The number of nitrogens with one attached hydrogen (secondary N) is 2.